The third kappa shape index (κ3) is 4.23. The lowest BCUT2D eigenvalue weighted by molar-refractivity contribution is 0.0197. The van der Waals surface area contributed by atoms with E-state index in [4.69, 9.17) is 16.3 Å². The van der Waals surface area contributed by atoms with Gasteiger partial charge in [0.05, 0.1) is 37.9 Å². The first-order valence-corrected chi connectivity index (χ1v) is 8.57. The van der Waals surface area contributed by atoms with E-state index in [1.165, 1.54) is 17.3 Å². The van der Waals surface area contributed by atoms with Crippen LogP contribution in [-0.4, -0.2) is 27.4 Å². The standard InChI is InChI=1S/C18H21ClN2O3/c19-16-7-2-1-4-14(16)10-24-11-15(22)9-21-12-20-17(8-18(21)23)13-5-3-6-13/h1-2,4,7-8,12-13,15,22H,3,5-6,9-11H2. The van der Waals surface area contributed by atoms with Crippen molar-refractivity contribution >= 4 is 11.6 Å². The van der Waals surface area contributed by atoms with Crippen molar-refractivity contribution in [1.29, 1.82) is 0 Å². The summed E-state index contributed by atoms with van der Waals surface area (Å²) in [5.74, 6) is 0.427. The Kier molecular flexibility index (Phi) is 5.66. The lowest BCUT2D eigenvalue weighted by atomic mass is 9.83. The monoisotopic (exact) mass is 348 g/mol. The highest BCUT2D eigenvalue weighted by atomic mass is 35.5. The van der Waals surface area contributed by atoms with Crippen LogP contribution in [0, 0.1) is 0 Å². The lowest BCUT2D eigenvalue weighted by Gasteiger charge is -2.24. The van der Waals surface area contributed by atoms with Crippen molar-refractivity contribution in [2.75, 3.05) is 6.61 Å². The van der Waals surface area contributed by atoms with Crippen LogP contribution in [0.5, 0.6) is 0 Å². The molecule has 0 radical (unpaired) electrons. The minimum absolute atomic E-state index is 0.127. The van der Waals surface area contributed by atoms with Crippen molar-refractivity contribution in [3.63, 3.8) is 0 Å². The third-order valence-electron chi connectivity index (χ3n) is 4.36. The molecule has 6 heteroatoms. The Hall–Kier alpha value is -1.69. The quantitative estimate of drug-likeness (QED) is 0.835. The van der Waals surface area contributed by atoms with Crippen molar-refractivity contribution in [2.45, 2.75) is 44.4 Å². The van der Waals surface area contributed by atoms with Crippen LogP contribution in [0.3, 0.4) is 0 Å². The molecule has 128 valence electrons. The number of aromatic nitrogens is 2. The molecule has 1 N–H and O–H groups in total. The molecule has 1 aromatic heterocycles. The maximum atomic E-state index is 12.1. The maximum Gasteiger partial charge on any atom is 0.253 e. The number of aliphatic hydroxyl groups excluding tert-OH is 1. The zero-order valence-electron chi connectivity index (χ0n) is 13.4. The number of rotatable bonds is 7. The van der Waals surface area contributed by atoms with Gasteiger partial charge in [0, 0.05) is 17.0 Å². The van der Waals surface area contributed by atoms with Gasteiger partial charge >= 0.3 is 0 Å². The maximum absolute atomic E-state index is 12.1. The molecule has 24 heavy (non-hydrogen) atoms. The summed E-state index contributed by atoms with van der Waals surface area (Å²) in [4.78, 5) is 16.5. The second kappa shape index (κ2) is 7.92. The molecule has 1 fully saturated rings. The van der Waals surface area contributed by atoms with Gasteiger partial charge in [-0.15, -0.1) is 0 Å². The van der Waals surface area contributed by atoms with Gasteiger partial charge in [-0.3, -0.25) is 9.36 Å². The third-order valence-corrected chi connectivity index (χ3v) is 4.73. The molecule has 0 saturated heterocycles. The normalized spacial score (nSPS) is 15.9. The highest BCUT2D eigenvalue weighted by Crippen LogP contribution is 2.34. The number of hydrogen-bond donors (Lipinski definition) is 1. The number of halogens is 1. The number of ether oxygens (including phenoxy) is 1. The summed E-state index contributed by atoms with van der Waals surface area (Å²) in [7, 11) is 0. The fourth-order valence-corrected chi connectivity index (χ4v) is 2.89. The molecule has 0 bridgehead atoms. The lowest BCUT2D eigenvalue weighted by Crippen LogP contribution is -2.30. The van der Waals surface area contributed by atoms with E-state index in [1.807, 2.05) is 18.2 Å². The molecule has 1 aliphatic carbocycles. The average molecular weight is 349 g/mol. The van der Waals surface area contributed by atoms with E-state index in [2.05, 4.69) is 4.98 Å². The first kappa shape index (κ1) is 17.1. The first-order chi connectivity index (χ1) is 11.6. The fourth-order valence-electron chi connectivity index (χ4n) is 2.70. The van der Waals surface area contributed by atoms with Crippen LogP contribution in [-0.2, 0) is 17.9 Å². The molecule has 5 nitrogen and oxygen atoms in total. The van der Waals surface area contributed by atoms with Crippen molar-refractivity contribution in [2.24, 2.45) is 0 Å². The van der Waals surface area contributed by atoms with Gasteiger partial charge in [-0.1, -0.05) is 36.2 Å². The van der Waals surface area contributed by atoms with Gasteiger partial charge in [0.25, 0.3) is 5.56 Å². The van der Waals surface area contributed by atoms with E-state index in [1.54, 1.807) is 12.1 Å². The molecular formula is C18H21ClN2O3. The van der Waals surface area contributed by atoms with Crippen LogP contribution in [0.25, 0.3) is 0 Å². The van der Waals surface area contributed by atoms with Crippen LogP contribution in [0.15, 0.2) is 41.5 Å². The molecule has 1 saturated carbocycles. The molecule has 1 aromatic carbocycles. The molecule has 3 rings (SSSR count). The highest BCUT2D eigenvalue weighted by Gasteiger charge is 2.21. The predicted molar refractivity (Wildman–Crippen MR) is 92.2 cm³/mol. The van der Waals surface area contributed by atoms with Gasteiger partial charge in [-0.05, 0) is 24.5 Å². The summed E-state index contributed by atoms with van der Waals surface area (Å²) in [6.07, 6.45) is 4.16. The number of hydrogen-bond acceptors (Lipinski definition) is 4. The Bertz CT molecular complexity index is 743. The van der Waals surface area contributed by atoms with Crippen LogP contribution in [0.4, 0.5) is 0 Å². The minimum Gasteiger partial charge on any atom is -0.389 e. The van der Waals surface area contributed by atoms with Gasteiger partial charge < -0.3 is 9.84 Å². The summed E-state index contributed by atoms with van der Waals surface area (Å²) < 4.78 is 6.91. The first-order valence-electron chi connectivity index (χ1n) is 8.19. The Balaban J connectivity index is 1.50. The largest absolute Gasteiger partial charge is 0.389 e. The summed E-state index contributed by atoms with van der Waals surface area (Å²) in [5, 5.41) is 10.7. The van der Waals surface area contributed by atoms with E-state index in [0.717, 1.165) is 24.1 Å². The zero-order valence-corrected chi connectivity index (χ0v) is 14.2. The average Bonchev–Trinajstić information content (AvgIpc) is 2.50. The van der Waals surface area contributed by atoms with Gasteiger partial charge in [0.2, 0.25) is 0 Å². The molecule has 0 aliphatic heterocycles. The van der Waals surface area contributed by atoms with Gasteiger partial charge in [-0.2, -0.15) is 0 Å². The summed E-state index contributed by atoms with van der Waals surface area (Å²) >= 11 is 6.05. The SMILES string of the molecule is O=c1cc(C2CCC2)ncn1CC(O)COCc1ccccc1Cl. The topological polar surface area (TPSA) is 64.4 Å². The zero-order chi connectivity index (χ0) is 16.9. The second-order valence-corrected chi connectivity index (χ2v) is 6.60. The van der Waals surface area contributed by atoms with Crippen LogP contribution < -0.4 is 5.56 Å². The van der Waals surface area contributed by atoms with E-state index < -0.39 is 6.10 Å². The molecule has 0 amide bonds. The Morgan fingerprint density at radius 3 is 2.83 bits per heavy atom. The van der Waals surface area contributed by atoms with Crippen molar-refractivity contribution in [3.8, 4) is 0 Å². The van der Waals surface area contributed by atoms with Gasteiger partial charge in [0.1, 0.15) is 0 Å². The number of aliphatic hydroxyl groups is 1. The predicted octanol–water partition coefficient (Wildman–Crippen LogP) is 2.74. The van der Waals surface area contributed by atoms with Crippen molar-refractivity contribution in [3.05, 3.63) is 63.3 Å². The van der Waals surface area contributed by atoms with E-state index in [9.17, 15) is 9.90 Å². The van der Waals surface area contributed by atoms with Gasteiger partial charge in [-0.25, -0.2) is 4.98 Å². The molecular weight excluding hydrogens is 328 g/mol. The number of nitrogens with zero attached hydrogens (tertiary/aromatic N) is 2. The van der Waals surface area contributed by atoms with Crippen LogP contribution in [0.1, 0.15) is 36.4 Å². The van der Waals surface area contributed by atoms with Gasteiger partial charge in [0.15, 0.2) is 0 Å². The summed E-state index contributed by atoms with van der Waals surface area (Å²) in [6, 6.07) is 9.00. The Labute approximate surface area is 145 Å². The fraction of sp³-hybridized carbons (Fsp3) is 0.444. The molecule has 1 heterocycles. The van der Waals surface area contributed by atoms with E-state index in [0.29, 0.717) is 17.5 Å². The van der Waals surface area contributed by atoms with Crippen molar-refractivity contribution < 1.29 is 9.84 Å². The molecule has 0 spiro atoms. The minimum atomic E-state index is -0.776. The second-order valence-electron chi connectivity index (χ2n) is 6.19. The summed E-state index contributed by atoms with van der Waals surface area (Å²) in [5.41, 5.74) is 1.61. The number of benzene rings is 1. The smallest absolute Gasteiger partial charge is 0.253 e. The van der Waals surface area contributed by atoms with Crippen LogP contribution in [0.2, 0.25) is 5.02 Å². The van der Waals surface area contributed by atoms with E-state index >= 15 is 0 Å². The van der Waals surface area contributed by atoms with E-state index in [-0.39, 0.29) is 18.7 Å². The summed E-state index contributed by atoms with van der Waals surface area (Å²) in [6.45, 7) is 0.617. The molecule has 1 atom stereocenters. The Morgan fingerprint density at radius 1 is 1.38 bits per heavy atom. The molecule has 2 aromatic rings. The molecule has 1 unspecified atom stereocenters. The highest BCUT2D eigenvalue weighted by molar-refractivity contribution is 6.31. The van der Waals surface area contributed by atoms with Crippen LogP contribution >= 0.6 is 11.6 Å². The molecule has 1 aliphatic rings. The van der Waals surface area contributed by atoms with Crippen molar-refractivity contribution in [1.82, 2.24) is 9.55 Å². The Morgan fingerprint density at radius 2 is 2.17 bits per heavy atom.